The second-order valence-corrected chi connectivity index (χ2v) is 4.79. The van der Waals surface area contributed by atoms with Crippen LogP contribution in [-0.2, 0) is 4.79 Å². The van der Waals surface area contributed by atoms with E-state index in [9.17, 15) is 9.18 Å². The summed E-state index contributed by atoms with van der Waals surface area (Å²) in [7, 11) is 0. The van der Waals surface area contributed by atoms with Crippen LogP contribution < -0.4 is 4.90 Å². The molecule has 1 unspecified atom stereocenters. The Balaban J connectivity index is 2.28. The number of halogens is 1. The highest BCUT2D eigenvalue weighted by Gasteiger charge is 2.18. The molecule has 0 aliphatic carbocycles. The number of carbonyl (C=O) groups is 1. The molecule has 1 heterocycles. The average Bonchev–Trinajstić information content (AvgIpc) is 2.48. The third-order valence-electron chi connectivity index (χ3n) is 3.33. The minimum absolute atomic E-state index is 0.0159. The highest BCUT2D eigenvalue weighted by Crippen LogP contribution is 2.26. The fourth-order valence-corrected chi connectivity index (χ4v) is 2.22. The number of carboxylic acid groups (broad SMARTS) is 1. The first-order chi connectivity index (χ1) is 10.1. The predicted molar refractivity (Wildman–Crippen MR) is 78.7 cm³/mol. The van der Waals surface area contributed by atoms with Crippen LogP contribution in [0.3, 0.4) is 0 Å². The van der Waals surface area contributed by atoms with Gasteiger partial charge in [-0.1, -0.05) is 18.2 Å². The van der Waals surface area contributed by atoms with Crippen molar-refractivity contribution in [2.24, 2.45) is 0 Å². The van der Waals surface area contributed by atoms with Gasteiger partial charge in [0.2, 0.25) is 0 Å². The molecular formula is C16H17FN2O2. The standard InChI is InChI=1S/C16H17FN2O2/c1-12(13-9-14(17)11-18-10-13)19(8-7-16(20)21)15-5-3-2-4-6-15/h2-6,9-12H,7-8H2,1H3,(H,20,21). The fraction of sp³-hybridized carbons (Fsp3) is 0.250. The van der Waals surface area contributed by atoms with Crippen molar-refractivity contribution in [1.29, 1.82) is 0 Å². The topological polar surface area (TPSA) is 53.4 Å². The van der Waals surface area contributed by atoms with Gasteiger partial charge in [0.25, 0.3) is 0 Å². The monoisotopic (exact) mass is 288 g/mol. The van der Waals surface area contributed by atoms with Crippen LogP contribution in [0.1, 0.15) is 24.9 Å². The molecule has 21 heavy (non-hydrogen) atoms. The summed E-state index contributed by atoms with van der Waals surface area (Å²) in [5, 5.41) is 8.91. The van der Waals surface area contributed by atoms with Crippen molar-refractivity contribution < 1.29 is 14.3 Å². The number of carboxylic acids is 1. The molecule has 110 valence electrons. The highest BCUT2D eigenvalue weighted by atomic mass is 19.1. The van der Waals surface area contributed by atoms with E-state index in [4.69, 9.17) is 5.11 Å². The molecule has 1 aromatic heterocycles. The molecule has 0 bridgehead atoms. The Morgan fingerprint density at radius 3 is 2.67 bits per heavy atom. The minimum Gasteiger partial charge on any atom is -0.481 e. The summed E-state index contributed by atoms with van der Waals surface area (Å²) in [6, 6.07) is 10.7. The zero-order chi connectivity index (χ0) is 15.2. The van der Waals surface area contributed by atoms with Crippen LogP contribution in [-0.4, -0.2) is 22.6 Å². The first kappa shape index (κ1) is 15.0. The summed E-state index contributed by atoms with van der Waals surface area (Å²) in [6.07, 6.45) is 2.77. The van der Waals surface area contributed by atoms with Crippen LogP contribution in [0.15, 0.2) is 48.8 Å². The second kappa shape index (κ2) is 6.83. The maximum absolute atomic E-state index is 13.3. The van der Waals surface area contributed by atoms with Crippen molar-refractivity contribution in [1.82, 2.24) is 4.98 Å². The largest absolute Gasteiger partial charge is 0.481 e. The maximum Gasteiger partial charge on any atom is 0.305 e. The van der Waals surface area contributed by atoms with Crippen LogP contribution in [0.5, 0.6) is 0 Å². The van der Waals surface area contributed by atoms with E-state index in [1.807, 2.05) is 42.2 Å². The fourth-order valence-electron chi connectivity index (χ4n) is 2.22. The lowest BCUT2D eigenvalue weighted by Crippen LogP contribution is -2.29. The first-order valence-corrected chi connectivity index (χ1v) is 6.72. The van der Waals surface area contributed by atoms with E-state index in [1.165, 1.54) is 6.07 Å². The van der Waals surface area contributed by atoms with Gasteiger partial charge in [-0.05, 0) is 30.7 Å². The van der Waals surface area contributed by atoms with Gasteiger partial charge >= 0.3 is 5.97 Å². The Hall–Kier alpha value is -2.43. The summed E-state index contributed by atoms with van der Waals surface area (Å²) >= 11 is 0. The number of pyridine rings is 1. The number of aromatic nitrogens is 1. The number of nitrogens with zero attached hydrogens (tertiary/aromatic N) is 2. The lowest BCUT2D eigenvalue weighted by Gasteiger charge is -2.31. The van der Waals surface area contributed by atoms with Crippen LogP contribution in [0.4, 0.5) is 10.1 Å². The molecule has 1 aromatic carbocycles. The summed E-state index contributed by atoms with van der Waals surface area (Å²) in [5.41, 5.74) is 1.61. The molecule has 1 N–H and O–H groups in total. The molecule has 1 atom stereocenters. The number of rotatable bonds is 6. The summed E-state index contributed by atoms with van der Waals surface area (Å²) < 4.78 is 13.3. The van der Waals surface area contributed by atoms with Gasteiger partial charge in [-0.15, -0.1) is 0 Å². The van der Waals surface area contributed by atoms with Crippen molar-refractivity contribution in [2.45, 2.75) is 19.4 Å². The zero-order valence-corrected chi connectivity index (χ0v) is 11.7. The molecule has 2 aromatic rings. The maximum atomic E-state index is 13.3. The van der Waals surface area contributed by atoms with Gasteiger partial charge in [-0.25, -0.2) is 4.39 Å². The molecular weight excluding hydrogens is 271 g/mol. The molecule has 0 saturated heterocycles. The third-order valence-corrected chi connectivity index (χ3v) is 3.33. The van der Waals surface area contributed by atoms with E-state index in [2.05, 4.69) is 4.98 Å². The van der Waals surface area contributed by atoms with Crippen molar-refractivity contribution >= 4 is 11.7 Å². The average molecular weight is 288 g/mol. The van der Waals surface area contributed by atoms with Gasteiger partial charge < -0.3 is 10.0 Å². The van der Waals surface area contributed by atoms with E-state index in [1.54, 1.807) is 6.20 Å². The molecule has 5 heteroatoms. The van der Waals surface area contributed by atoms with Gasteiger partial charge in [-0.3, -0.25) is 9.78 Å². The molecule has 4 nitrogen and oxygen atoms in total. The lowest BCUT2D eigenvalue weighted by atomic mass is 10.1. The number of para-hydroxylation sites is 1. The Morgan fingerprint density at radius 1 is 1.33 bits per heavy atom. The van der Waals surface area contributed by atoms with E-state index in [0.717, 1.165) is 11.9 Å². The molecule has 0 aliphatic rings. The Bertz CT molecular complexity index is 604. The van der Waals surface area contributed by atoms with Gasteiger partial charge in [0.15, 0.2) is 0 Å². The van der Waals surface area contributed by atoms with Crippen LogP contribution in [0.25, 0.3) is 0 Å². The Morgan fingerprint density at radius 2 is 2.05 bits per heavy atom. The molecule has 0 amide bonds. The van der Waals surface area contributed by atoms with Crippen molar-refractivity contribution in [2.75, 3.05) is 11.4 Å². The molecule has 0 spiro atoms. The second-order valence-electron chi connectivity index (χ2n) is 4.79. The van der Waals surface area contributed by atoms with E-state index in [-0.39, 0.29) is 12.5 Å². The third kappa shape index (κ3) is 4.02. The molecule has 2 rings (SSSR count). The summed E-state index contributed by atoms with van der Waals surface area (Å²) in [6.45, 7) is 2.25. The van der Waals surface area contributed by atoms with Gasteiger partial charge in [-0.2, -0.15) is 0 Å². The molecule has 0 radical (unpaired) electrons. The quantitative estimate of drug-likeness (QED) is 0.886. The Kier molecular flexibility index (Phi) is 4.87. The van der Waals surface area contributed by atoms with E-state index >= 15 is 0 Å². The van der Waals surface area contributed by atoms with Gasteiger partial charge in [0.1, 0.15) is 5.82 Å². The SMILES string of the molecule is CC(c1cncc(F)c1)N(CCC(=O)O)c1ccccc1. The Labute approximate surface area is 122 Å². The van der Waals surface area contributed by atoms with E-state index in [0.29, 0.717) is 12.1 Å². The van der Waals surface area contributed by atoms with Crippen molar-refractivity contribution in [3.05, 3.63) is 60.2 Å². The van der Waals surface area contributed by atoms with Crippen LogP contribution in [0, 0.1) is 5.82 Å². The number of anilines is 1. The van der Waals surface area contributed by atoms with E-state index < -0.39 is 11.8 Å². The highest BCUT2D eigenvalue weighted by molar-refractivity contribution is 5.67. The number of hydrogen-bond acceptors (Lipinski definition) is 3. The first-order valence-electron chi connectivity index (χ1n) is 6.72. The van der Waals surface area contributed by atoms with Gasteiger partial charge in [0.05, 0.1) is 18.7 Å². The zero-order valence-electron chi connectivity index (χ0n) is 11.7. The number of aliphatic carboxylic acids is 1. The number of benzene rings is 1. The summed E-state index contributed by atoms with van der Waals surface area (Å²) in [5.74, 6) is -1.26. The molecule has 0 fully saturated rings. The smallest absolute Gasteiger partial charge is 0.305 e. The van der Waals surface area contributed by atoms with Crippen LogP contribution in [0.2, 0.25) is 0 Å². The van der Waals surface area contributed by atoms with Crippen molar-refractivity contribution in [3.8, 4) is 0 Å². The summed E-state index contributed by atoms with van der Waals surface area (Å²) in [4.78, 5) is 16.6. The van der Waals surface area contributed by atoms with Crippen LogP contribution >= 0.6 is 0 Å². The lowest BCUT2D eigenvalue weighted by molar-refractivity contribution is -0.136. The van der Waals surface area contributed by atoms with Crippen molar-refractivity contribution in [3.63, 3.8) is 0 Å². The number of hydrogen-bond donors (Lipinski definition) is 1. The van der Waals surface area contributed by atoms with Gasteiger partial charge in [0, 0.05) is 18.4 Å². The minimum atomic E-state index is -0.861. The molecule has 0 saturated carbocycles. The normalized spacial score (nSPS) is 11.9. The molecule has 0 aliphatic heterocycles. The predicted octanol–water partition coefficient (Wildman–Crippen LogP) is 3.26.